The fourth-order valence-corrected chi connectivity index (χ4v) is 11.0. The second-order valence-electron chi connectivity index (χ2n) is 17.8. The summed E-state index contributed by atoms with van der Waals surface area (Å²) in [5, 5.41) is 4.01. The number of fused-ring (bicyclic) bond motifs is 9. The molecule has 5 nitrogen and oxygen atoms in total. The van der Waals surface area contributed by atoms with Crippen molar-refractivity contribution in [1.82, 2.24) is 15.0 Å². The van der Waals surface area contributed by atoms with E-state index >= 15 is 0 Å². The molecule has 0 fully saturated rings. The van der Waals surface area contributed by atoms with Gasteiger partial charge >= 0.3 is 0 Å². The van der Waals surface area contributed by atoms with E-state index < -0.39 is 5.41 Å². The van der Waals surface area contributed by atoms with E-state index in [1.165, 1.54) is 44.5 Å². The molecule has 69 heavy (non-hydrogen) atoms. The van der Waals surface area contributed by atoms with Gasteiger partial charge in [-0.15, -0.1) is 0 Å². The van der Waals surface area contributed by atoms with Gasteiger partial charge < -0.3 is 8.83 Å². The molecule has 322 valence electrons. The fraction of sp³-hybridized carbons (Fsp3) is 0.0156. The summed E-state index contributed by atoms with van der Waals surface area (Å²) in [6.45, 7) is 0. The average molecular weight is 882 g/mol. The van der Waals surface area contributed by atoms with Crippen LogP contribution in [0.2, 0.25) is 0 Å². The average Bonchev–Trinajstić information content (AvgIpc) is 4.10. The first-order valence-corrected chi connectivity index (χ1v) is 23.3. The van der Waals surface area contributed by atoms with Crippen molar-refractivity contribution in [2.45, 2.75) is 5.41 Å². The van der Waals surface area contributed by atoms with E-state index in [1.807, 2.05) is 72.8 Å². The van der Waals surface area contributed by atoms with Crippen LogP contribution in [0, 0.1) is 0 Å². The molecule has 5 heteroatoms. The Morgan fingerprint density at radius 1 is 0.290 bits per heavy atom. The molecule has 0 aliphatic heterocycles. The summed E-state index contributed by atoms with van der Waals surface area (Å²) < 4.78 is 12.7. The molecule has 13 aromatic rings. The molecular weight excluding hydrogens is 843 g/mol. The van der Waals surface area contributed by atoms with Crippen molar-refractivity contribution >= 4 is 43.9 Å². The number of benzene rings is 10. The van der Waals surface area contributed by atoms with Gasteiger partial charge in [0.15, 0.2) is 17.5 Å². The van der Waals surface area contributed by atoms with Gasteiger partial charge in [0.05, 0.1) is 5.41 Å². The largest absolute Gasteiger partial charge is 0.456 e. The third-order valence-electron chi connectivity index (χ3n) is 14.0. The Morgan fingerprint density at radius 3 is 1.58 bits per heavy atom. The van der Waals surface area contributed by atoms with Gasteiger partial charge in [-0.25, -0.2) is 15.0 Å². The molecular formula is C64H39N3O2. The molecule has 0 spiro atoms. The molecule has 0 bridgehead atoms. The van der Waals surface area contributed by atoms with Crippen LogP contribution in [-0.2, 0) is 5.41 Å². The van der Waals surface area contributed by atoms with Crippen LogP contribution in [0.4, 0.5) is 0 Å². The zero-order valence-corrected chi connectivity index (χ0v) is 37.2. The van der Waals surface area contributed by atoms with Crippen LogP contribution in [-0.4, -0.2) is 15.0 Å². The number of hydrogen-bond acceptors (Lipinski definition) is 5. The van der Waals surface area contributed by atoms with Gasteiger partial charge in [-0.1, -0.05) is 194 Å². The van der Waals surface area contributed by atoms with Crippen LogP contribution in [0.3, 0.4) is 0 Å². The number of rotatable bonds is 7. The van der Waals surface area contributed by atoms with Gasteiger partial charge in [-0.3, -0.25) is 0 Å². The lowest BCUT2D eigenvalue weighted by Gasteiger charge is -2.34. The Hall–Kier alpha value is -9.19. The number of furan rings is 2. The minimum atomic E-state index is -0.456. The van der Waals surface area contributed by atoms with E-state index in [1.54, 1.807) is 0 Å². The Morgan fingerprint density at radius 2 is 0.797 bits per heavy atom. The van der Waals surface area contributed by atoms with Crippen molar-refractivity contribution in [1.29, 1.82) is 0 Å². The smallest absolute Gasteiger partial charge is 0.164 e. The lowest BCUT2D eigenvalue weighted by molar-refractivity contribution is 0.668. The molecule has 0 atom stereocenters. The highest BCUT2D eigenvalue weighted by Gasteiger charge is 2.46. The summed E-state index contributed by atoms with van der Waals surface area (Å²) >= 11 is 0. The number of hydrogen-bond donors (Lipinski definition) is 0. The van der Waals surface area contributed by atoms with Crippen LogP contribution >= 0.6 is 0 Å². The number of aromatic nitrogens is 3. The summed E-state index contributed by atoms with van der Waals surface area (Å²) in [5.41, 5.74) is 17.7. The van der Waals surface area contributed by atoms with Crippen molar-refractivity contribution in [3.8, 4) is 67.5 Å². The van der Waals surface area contributed by atoms with Crippen LogP contribution in [0.25, 0.3) is 111 Å². The lowest BCUT2D eigenvalue weighted by atomic mass is 9.67. The first-order chi connectivity index (χ1) is 34.2. The van der Waals surface area contributed by atoms with Crippen molar-refractivity contribution in [2.75, 3.05) is 0 Å². The van der Waals surface area contributed by atoms with Crippen molar-refractivity contribution < 1.29 is 8.83 Å². The molecule has 1 aliphatic carbocycles. The van der Waals surface area contributed by atoms with E-state index in [-0.39, 0.29) is 0 Å². The highest BCUT2D eigenvalue weighted by molar-refractivity contribution is 6.13. The molecule has 0 radical (unpaired) electrons. The summed E-state index contributed by atoms with van der Waals surface area (Å²) in [4.78, 5) is 15.4. The predicted molar refractivity (Wildman–Crippen MR) is 279 cm³/mol. The molecule has 14 rings (SSSR count). The summed E-state index contributed by atoms with van der Waals surface area (Å²) in [5.74, 6) is 1.74. The highest BCUT2D eigenvalue weighted by Crippen LogP contribution is 2.58. The van der Waals surface area contributed by atoms with Crippen molar-refractivity contribution in [2.24, 2.45) is 0 Å². The molecule has 0 saturated heterocycles. The normalized spacial score (nSPS) is 12.8. The Bertz CT molecular complexity index is 4080. The van der Waals surface area contributed by atoms with Gasteiger partial charge in [0.2, 0.25) is 0 Å². The zero-order valence-electron chi connectivity index (χ0n) is 37.2. The minimum absolute atomic E-state index is 0.456. The number of nitrogens with zero attached hydrogens (tertiary/aromatic N) is 3. The molecule has 0 unspecified atom stereocenters. The van der Waals surface area contributed by atoms with Crippen LogP contribution < -0.4 is 0 Å². The summed E-state index contributed by atoms with van der Waals surface area (Å²) in [7, 11) is 0. The van der Waals surface area contributed by atoms with Gasteiger partial charge in [-0.2, -0.15) is 0 Å². The Labute approximate surface area is 397 Å². The van der Waals surface area contributed by atoms with Crippen LogP contribution in [0.15, 0.2) is 245 Å². The maximum absolute atomic E-state index is 6.56. The van der Waals surface area contributed by atoms with Crippen LogP contribution in [0.1, 0.15) is 22.3 Å². The maximum atomic E-state index is 6.56. The Kier molecular flexibility index (Phi) is 8.73. The van der Waals surface area contributed by atoms with Gasteiger partial charge in [0, 0.05) is 38.2 Å². The van der Waals surface area contributed by atoms with E-state index in [0.717, 1.165) is 71.7 Å². The standard InChI is InChI=1S/C64H39N3O2/c1-4-16-42(17-5-1)61-65-62(44-35-37-56-51(39-44)48-22-11-13-28-55(48)68-56)67-63(66-61)50-25-15-29-58-60(50)52-38-43(34-36-57(52)69-58)40-30-32-41(33-31-40)47-24-14-27-54-59(47)49-23-10-12-26-53(49)64(54,45-18-6-2-7-19-45)46-20-8-3-9-21-46/h1-39H. The van der Waals surface area contributed by atoms with Crippen LogP contribution in [0.5, 0.6) is 0 Å². The highest BCUT2D eigenvalue weighted by atomic mass is 16.3. The summed E-state index contributed by atoms with van der Waals surface area (Å²) in [6.07, 6.45) is 0. The van der Waals surface area contributed by atoms with E-state index in [2.05, 4.69) is 164 Å². The van der Waals surface area contributed by atoms with Gasteiger partial charge in [0.25, 0.3) is 0 Å². The lowest BCUT2D eigenvalue weighted by Crippen LogP contribution is -2.28. The molecule has 3 heterocycles. The maximum Gasteiger partial charge on any atom is 0.164 e. The SMILES string of the molecule is c1ccc(-c2nc(-c3ccc4oc5ccccc5c4c3)nc(-c3cccc4oc5ccc(-c6ccc(-c7cccc8c7-c7ccccc7C8(c7ccccc7)c7ccccc7)cc6)cc5c34)n2)cc1. The molecule has 0 N–H and O–H groups in total. The molecule has 0 amide bonds. The van der Waals surface area contributed by atoms with Crippen molar-refractivity contribution in [3.05, 3.63) is 259 Å². The fourth-order valence-electron chi connectivity index (χ4n) is 11.0. The van der Waals surface area contributed by atoms with Gasteiger partial charge in [-0.05, 0) is 98.1 Å². The number of para-hydroxylation sites is 1. The Balaban J connectivity index is 0.883. The predicted octanol–water partition coefficient (Wildman–Crippen LogP) is 16.4. The third kappa shape index (κ3) is 6.07. The second kappa shape index (κ2) is 15.4. The minimum Gasteiger partial charge on any atom is -0.456 e. The summed E-state index contributed by atoms with van der Waals surface area (Å²) in [6, 6.07) is 83.6. The van der Waals surface area contributed by atoms with E-state index in [4.69, 9.17) is 23.8 Å². The third-order valence-corrected chi connectivity index (χ3v) is 14.0. The molecule has 10 aromatic carbocycles. The first-order valence-electron chi connectivity index (χ1n) is 23.3. The van der Waals surface area contributed by atoms with Gasteiger partial charge in [0.1, 0.15) is 22.3 Å². The molecule has 1 aliphatic rings. The molecule has 3 aromatic heterocycles. The topological polar surface area (TPSA) is 65.0 Å². The van der Waals surface area contributed by atoms with Crippen molar-refractivity contribution in [3.63, 3.8) is 0 Å². The zero-order chi connectivity index (χ0) is 45.5. The second-order valence-corrected chi connectivity index (χ2v) is 17.8. The monoisotopic (exact) mass is 881 g/mol. The van der Waals surface area contributed by atoms with E-state index in [9.17, 15) is 0 Å². The first kappa shape index (κ1) is 39.0. The quantitative estimate of drug-likeness (QED) is 0.160. The van der Waals surface area contributed by atoms with E-state index in [0.29, 0.717) is 17.5 Å². The molecule has 0 saturated carbocycles.